The highest BCUT2D eigenvalue weighted by atomic mass is 16.5. The van der Waals surface area contributed by atoms with E-state index in [1.54, 1.807) is 6.92 Å². The third kappa shape index (κ3) is 4.40. The molecule has 7 nitrogen and oxygen atoms in total. The van der Waals surface area contributed by atoms with Crippen molar-refractivity contribution < 1.29 is 23.6 Å². The van der Waals surface area contributed by atoms with Gasteiger partial charge in [0, 0.05) is 19.2 Å². The number of aromatic nitrogens is 1. The molecule has 0 aliphatic rings. The molecular formula is C16H18N2O5. The van der Waals surface area contributed by atoms with E-state index in [4.69, 9.17) is 14.0 Å². The molecule has 0 radical (unpaired) electrons. The lowest BCUT2D eigenvalue weighted by Gasteiger charge is -2.06. The summed E-state index contributed by atoms with van der Waals surface area (Å²) >= 11 is 0. The molecule has 1 amide bonds. The van der Waals surface area contributed by atoms with E-state index < -0.39 is 11.9 Å². The zero-order chi connectivity index (χ0) is 16.7. The van der Waals surface area contributed by atoms with Crippen molar-refractivity contribution in [2.45, 2.75) is 6.92 Å². The molecule has 1 aromatic heterocycles. The van der Waals surface area contributed by atoms with Crippen LogP contribution in [0.2, 0.25) is 0 Å². The molecule has 0 saturated carbocycles. The van der Waals surface area contributed by atoms with Crippen LogP contribution in [0, 0.1) is 6.92 Å². The normalized spacial score (nSPS) is 10.3. The van der Waals surface area contributed by atoms with E-state index in [1.165, 1.54) is 7.11 Å². The minimum Gasteiger partial charge on any atom is -0.452 e. The number of carbonyl (C=O) groups is 2. The van der Waals surface area contributed by atoms with Gasteiger partial charge < -0.3 is 19.3 Å². The monoisotopic (exact) mass is 318 g/mol. The zero-order valence-corrected chi connectivity index (χ0v) is 13.0. The Bertz CT molecular complexity index is 666. The number of benzene rings is 1. The van der Waals surface area contributed by atoms with Crippen LogP contribution in [-0.4, -0.2) is 43.9 Å². The van der Waals surface area contributed by atoms with Crippen LogP contribution < -0.4 is 5.32 Å². The molecule has 0 fully saturated rings. The standard InChI is InChI=1S/C16H18N2O5/c1-11-14(15(18-23-11)12-6-4-3-5-7-12)16(20)22-10-13(19)17-8-9-21-2/h3-7H,8-10H2,1-2H3,(H,17,19). The zero-order valence-electron chi connectivity index (χ0n) is 13.0. The topological polar surface area (TPSA) is 90.7 Å². The molecule has 23 heavy (non-hydrogen) atoms. The van der Waals surface area contributed by atoms with Crippen molar-refractivity contribution in [3.63, 3.8) is 0 Å². The van der Waals surface area contributed by atoms with Crippen molar-refractivity contribution in [3.05, 3.63) is 41.7 Å². The van der Waals surface area contributed by atoms with E-state index in [0.717, 1.165) is 5.56 Å². The highest BCUT2D eigenvalue weighted by Crippen LogP contribution is 2.25. The fourth-order valence-electron chi connectivity index (χ4n) is 1.95. The summed E-state index contributed by atoms with van der Waals surface area (Å²) < 4.78 is 14.9. The minimum absolute atomic E-state index is 0.223. The molecular weight excluding hydrogens is 300 g/mol. The Kier molecular flexibility index (Phi) is 5.87. The SMILES string of the molecule is COCCNC(=O)COC(=O)c1c(-c2ccccc2)noc1C. The molecule has 0 aliphatic heterocycles. The van der Waals surface area contributed by atoms with Crippen molar-refractivity contribution in [3.8, 4) is 11.3 Å². The average Bonchev–Trinajstić information content (AvgIpc) is 2.95. The van der Waals surface area contributed by atoms with Crippen LogP contribution in [0.3, 0.4) is 0 Å². The summed E-state index contributed by atoms with van der Waals surface area (Å²) in [5.74, 6) is -0.705. The van der Waals surface area contributed by atoms with E-state index >= 15 is 0 Å². The van der Waals surface area contributed by atoms with Gasteiger partial charge >= 0.3 is 5.97 Å². The number of nitrogens with zero attached hydrogens (tertiary/aromatic N) is 1. The summed E-state index contributed by atoms with van der Waals surface area (Å²) in [6, 6.07) is 9.14. The maximum atomic E-state index is 12.2. The molecule has 1 heterocycles. The second kappa shape index (κ2) is 8.09. The Labute approximate surface area is 133 Å². The largest absolute Gasteiger partial charge is 0.452 e. The fourth-order valence-corrected chi connectivity index (χ4v) is 1.95. The van der Waals surface area contributed by atoms with Gasteiger partial charge in [-0.1, -0.05) is 35.5 Å². The predicted octanol–water partition coefficient (Wildman–Crippen LogP) is 1.57. The van der Waals surface area contributed by atoms with Crippen molar-refractivity contribution in [2.24, 2.45) is 0 Å². The molecule has 0 spiro atoms. The number of aryl methyl sites for hydroxylation is 1. The van der Waals surface area contributed by atoms with Gasteiger partial charge in [-0.3, -0.25) is 4.79 Å². The van der Waals surface area contributed by atoms with Gasteiger partial charge in [0.2, 0.25) is 0 Å². The highest BCUT2D eigenvalue weighted by Gasteiger charge is 2.23. The third-order valence-electron chi connectivity index (χ3n) is 3.08. The van der Waals surface area contributed by atoms with Gasteiger partial charge in [0.25, 0.3) is 5.91 Å². The smallest absolute Gasteiger partial charge is 0.344 e. The first-order valence-electron chi connectivity index (χ1n) is 7.08. The Morgan fingerprint density at radius 1 is 1.26 bits per heavy atom. The van der Waals surface area contributed by atoms with Crippen LogP contribution in [-0.2, 0) is 14.3 Å². The highest BCUT2D eigenvalue weighted by molar-refractivity contribution is 5.98. The second-order valence-electron chi connectivity index (χ2n) is 4.75. The molecule has 0 saturated heterocycles. The summed E-state index contributed by atoms with van der Waals surface area (Å²) in [7, 11) is 1.53. The lowest BCUT2D eigenvalue weighted by Crippen LogP contribution is -2.31. The molecule has 2 aromatic rings. The second-order valence-corrected chi connectivity index (χ2v) is 4.75. The molecule has 7 heteroatoms. The summed E-state index contributed by atoms with van der Waals surface area (Å²) in [6.07, 6.45) is 0. The molecule has 1 aromatic carbocycles. The summed E-state index contributed by atoms with van der Waals surface area (Å²) in [4.78, 5) is 23.8. The maximum absolute atomic E-state index is 12.2. The number of carbonyl (C=O) groups excluding carboxylic acids is 2. The first-order chi connectivity index (χ1) is 11.1. The first kappa shape index (κ1) is 16.7. The Hall–Kier alpha value is -2.67. The molecule has 0 bridgehead atoms. The Morgan fingerprint density at radius 3 is 2.70 bits per heavy atom. The van der Waals surface area contributed by atoms with Gasteiger partial charge in [-0.15, -0.1) is 0 Å². The number of ether oxygens (including phenoxy) is 2. The lowest BCUT2D eigenvalue weighted by molar-refractivity contribution is -0.124. The van der Waals surface area contributed by atoms with E-state index in [9.17, 15) is 9.59 Å². The minimum atomic E-state index is -0.649. The lowest BCUT2D eigenvalue weighted by atomic mass is 10.1. The van der Waals surface area contributed by atoms with Crippen molar-refractivity contribution in [2.75, 3.05) is 26.9 Å². The van der Waals surface area contributed by atoms with Gasteiger partial charge in [0.05, 0.1) is 6.61 Å². The van der Waals surface area contributed by atoms with Crippen LogP contribution in [0.1, 0.15) is 16.1 Å². The van der Waals surface area contributed by atoms with Crippen molar-refractivity contribution in [1.29, 1.82) is 0 Å². The Balaban J connectivity index is 2.03. The number of amides is 1. The van der Waals surface area contributed by atoms with Crippen LogP contribution in [0.4, 0.5) is 0 Å². The van der Waals surface area contributed by atoms with Gasteiger partial charge in [-0.2, -0.15) is 0 Å². The van der Waals surface area contributed by atoms with Gasteiger partial charge in [0.1, 0.15) is 17.0 Å². The number of methoxy groups -OCH3 is 1. The van der Waals surface area contributed by atoms with Crippen molar-refractivity contribution >= 4 is 11.9 Å². The number of nitrogens with one attached hydrogen (secondary N) is 1. The number of rotatable bonds is 7. The number of esters is 1. The molecule has 1 N–H and O–H groups in total. The maximum Gasteiger partial charge on any atom is 0.344 e. The summed E-state index contributed by atoms with van der Waals surface area (Å²) in [5.41, 5.74) is 1.36. The van der Waals surface area contributed by atoms with Crippen LogP contribution in [0.15, 0.2) is 34.9 Å². The average molecular weight is 318 g/mol. The van der Waals surface area contributed by atoms with Gasteiger partial charge in [-0.25, -0.2) is 4.79 Å². The first-order valence-corrected chi connectivity index (χ1v) is 7.08. The molecule has 122 valence electrons. The summed E-state index contributed by atoms with van der Waals surface area (Å²) in [5, 5.41) is 6.47. The predicted molar refractivity (Wildman–Crippen MR) is 81.8 cm³/mol. The molecule has 2 rings (SSSR count). The van der Waals surface area contributed by atoms with Gasteiger partial charge in [-0.05, 0) is 6.92 Å². The van der Waals surface area contributed by atoms with Gasteiger partial charge in [0.15, 0.2) is 6.61 Å². The van der Waals surface area contributed by atoms with E-state index in [1.807, 2.05) is 30.3 Å². The van der Waals surface area contributed by atoms with Crippen LogP contribution >= 0.6 is 0 Å². The fraction of sp³-hybridized carbons (Fsp3) is 0.312. The molecule has 0 unspecified atom stereocenters. The van der Waals surface area contributed by atoms with E-state index in [0.29, 0.717) is 24.6 Å². The van der Waals surface area contributed by atoms with Crippen LogP contribution in [0.5, 0.6) is 0 Å². The summed E-state index contributed by atoms with van der Waals surface area (Å²) in [6.45, 7) is 1.99. The third-order valence-corrected chi connectivity index (χ3v) is 3.08. The number of hydrogen-bond acceptors (Lipinski definition) is 6. The van der Waals surface area contributed by atoms with Crippen molar-refractivity contribution in [1.82, 2.24) is 10.5 Å². The van der Waals surface area contributed by atoms with E-state index in [2.05, 4.69) is 10.5 Å². The number of hydrogen-bond donors (Lipinski definition) is 1. The Morgan fingerprint density at radius 2 is 2.00 bits per heavy atom. The van der Waals surface area contributed by atoms with Crippen LogP contribution in [0.25, 0.3) is 11.3 Å². The quantitative estimate of drug-likeness (QED) is 0.615. The molecule has 0 aliphatic carbocycles. The molecule has 0 atom stereocenters. The van der Waals surface area contributed by atoms with E-state index in [-0.39, 0.29) is 12.2 Å².